The maximum atomic E-state index is 5.81. The van der Waals surface area contributed by atoms with Gasteiger partial charge in [0.05, 0.1) is 0 Å². The lowest BCUT2D eigenvalue weighted by atomic mass is 9.98. The van der Waals surface area contributed by atoms with Crippen LogP contribution < -0.4 is 10.1 Å². The lowest BCUT2D eigenvalue weighted by molar-refractivity contribution is -0.0383. The quantitative estimate of drug-likeness (QED) is 0.616. The molecule has 3 atom stereocenters. The van der Waals surface area contributed by atoms with Gasteiger partial charge in [0.15, 0.2) is 6.29 Å². The minimum absolute atomic E-state index is 0.237. The number of anilines is 1. The zero-order valence-corrected chi connectivity index (χ0v) is 18.2. The summed E-state index contributed by atoms with van der Waals surface area (Å²) < 4.78 is 12.2. The Morgan fingerprint density at radius 3 is 2.96 bits per heavy atom. The number of methoxy groups -OCH3 is 1. The third-order valence-corrected chi connectivity index (χ3v) is 6.72. The molecule has 1 saturated heterocycles. The van der Waals surface area contributed by atoms with Crippen molar-refractivity contribution in [3.8, 4) is 5.75 Å². The maximum Gasteiger partial charge on any atom is 0.196 e. The number of halogens is 1. The molecule has 0 amide bonds. The summed E-state index contributed by atoms with van der Waals surface area (Å²) in [7, 11) is 1.66. The highest BCUT2D eigenvalue weighted by Gasteiger charge is 2.28. The summed E-state index contributed by atoms with van der Waals surface area (Å²) in [6.07, 6.45) is 2.10. The molecule has 1 N–H and O–H groups in total. The monoisotopic (exact) mass is 444 g/mol. The molecule has 0 aliphatic carbocycles. The molecule has 2 aromatic carbocycles. The number of nitrogens with one attached hydrogen (secondary N) is 1. The second-order valence-electron chi connectivity index (χ2n) is 7.96. The summed E-state index contributed by atoms with van der Waals surface area (Å²) in [4.78, 5) is 2.64. The molecule has 0 spiro atoms. The average Bonchev–Trinajstić information content (AvgIpc) is 3.32. The van der Waals surface area contributed by atoms with E-state index in [1.807, 2.05) is 13.0 Å². The van der Waals surface area contributed by atoms with Crippen LogP contribution in [0.4, 0.5) is 5.69 Å². The zero-order valence-electron chi connectivity index (χ0n) is 16.7. The minimum atomic E-state index is -0.237. The van der Waals surface area contributed by atoms with Gasteiger partial charge in [-0.05, 0) is 67.6 Å². The molecule has 150 valence electrons. The number of para-hydroxylation sites is 1. The number of nitrogens with zero attached hydrogens (tertiary/aromatic N) is 1. The number of benzene rings is 2. The lowest BCUT2D eigenvalue weighted by Gasteiger charge is -2.21. The van der Waals surface area contributed by atoms with Gasteiger partial charge in [0.25, 0.3) is 0 Å². The molecule has 5 heteroatoms. The molecule has 0 radical (unpaired) electrons. The number of fused-ring (bicyclic) bond motifs is 1. The van der Waals surface area contributed by atoms with Gasteiger partial charge in [0.1, 0.15) is 5.75 Å². The molecule has 3 unspecified atom stereocenters. The first-order chi connectivity index (χ1) is 13.6. The van der Waals surface area contributed by atoms with E-state index in [-0.39, 0.29) is 6.29 Å². The molecule has 4 rings (SSSR count). The van der Waals surface area contributed by atoms with Crippen LogP contribution in [0.1, 0.15) is 30.4 Å². The fraction of sp³-hybridized carbons (Fsp3) is 0.478. The Labute approximate surface area is 176 Å². The van der Waals surface area contributed by atoms with Gasteiger partial charge in [0, 0.05) is 42.8 Å². The van der Waals surface area contributed by atoms with Crippen LogP contribution in [-0.4, -0.2) is 44.5 Å². The normalized spacial score (nSPS) is 22.7. The molecule has 2 heterocycles. The van der Waals surface area contributed by atoms with Gasteiger partial charge in [-0.2, -0.15) is 0 Å². The van der Waals surface area contributed by atoms with Crippen LogP contribution >= 0.6 is 15.9 Å². The van der Waals surface area contributed by atoms with Crippen molar-refractivity contribution in [3.63, 3.8) is 0 Å². The van der Waals surface area contributed by atoms with E-state index < -0.39 is 0 Å². The van der Waals surface area contributed by atoms with Crippen LogP contribution in [0.25, 0.3) is 0 Å². The predicted octanol–water partition coefficient (Wildman–Crippen LogP) is 4.89. The van der Waals surface area contributed by atoms with E-state index in [0.717, 1.165) is 29.7 Å². The Bertz CT molecular complexity index is 813. The smallest absolute Gasteiger partial charge is 0.196 e. The average molecular weight is 445 g/mol. The first kappa shape index (κ1) is 19.7. The molecular formula is C23H29BrN2O2. The summed E-state index contributed by atoms with van der Waals surface area (Å²) in [6.45, 7) is 6.48. The molecular weight excluding hydrogens is 416 g/mol. The third kappa shape index (κ3) is 4.53. The van der Waals surface area contributed by atoms with E-state index in [4.69, 9.17) is 9.47 Å². The molecule has 2 aromatic rings. The lowest BCUT2D eigenvalue weighted by Crippen LogP contribution is -2.27. The van der Waals surface area contributed by atoms with Crippen molar-refractivity contribution in [3.05, 3.63) is 58.1 Å². The fourth-order valence-corrected chi connectivity index (χ4v) is 4.82. The minimum Gasteiger partial charge on any atom is -0.465 e. The number of hydrogen-bond acceptors (Lipinski definition) is 4. The molecule has 1 fully saturated rings. The van der Waals surface area contributed by atoms with Crippen molar-refractivity contribution in [1.29, 1.82) is 0 Å². The Kier molecular flexibility index (Phi) is 6.24. The third-order valence-electron chi connectivity index (χ3n) is 5.95. The zero-order chi connectivity index (χ0) is 19.5. The van der Waals surface area contributed by atoms with Crippen LogP contribution in [0.2, 0.25) is 0 Å². The van der Waals surface area contributed by atoms with E-state index in [0.29, 0.717) is 11.8 Å². The van der Waals surface area contributed by atoms with E-state index in [1.54, 1.807) is 7.11 Å². The SMILES string of the molecule is COC(C)Oc1ccc(Br)c(CC2CCN(CC3CNc4ccccc43)C2)c1. The van der Waals surface area contributed by atoms with Crippen molar-refractivity contribution >= 4 is 21.6 Å². The van der Waals surface area contributed by atoms with Gasteiger partial charge < -0.3 is 19.7 Å². The molecule has 0 bridgehead atoms. The molecule has 4 nitrogen and oxygen atoms in total. The Hall–Kier alpha value is -1.56. The molecule has 0 aromatic heterocycles. The van der Waals surface area contributed by atoms with Crippen molar-refractivity contribution < 1.29 is 9.47 Å². The van der Waals surface area contributed by atoms with E-state index in [2.05, 4.69) is 62.5 Å². The standard InChI is InChI=1S/C23H29BrN2O2/c1-16(27-2)28-20-7-8-22(24)18(12-20)11-17-9-10-26(14-17)15-19-13-25-23-6-4-3-5-21(19)23/h3-8,12,16-17,19,25H,9-11,13-15H2,1-2H3. The van der Waals surface area contributed by atoms with Crippen molar-refractivity contribution in [2.45, 2.75) is 32.0 Å². The highest BCUT2D eigenvalue weighted by Crippen LogP contribution is 2.34. The van der Waals surface area contributed by atoms with Gasteiger partial charge in [-0.1, -0.05) is 34.1 Å². The largest absolute Gasteiger partial charge is 0.465 e. The summed E-state index contributed by atoms with van der Waals surface area (Å²) >= 11 is 3.72. The van der Waals surface area contributed by atoms with Crippen molar-refractivity contribution in [2.75, 3.05) is 38.6 Å². The number of rotatable bonds is 7. The molecule has 0 saturated carbocycles. The molecule has 2 aliphatic heterocycles. The fourth-order valence-electron chi connectivity index (χ4n) is 4.41. The summed E-state index contributed by atoms with van der Waals surface area (Å²) in [5, 5.41) is 3.55. The predicted molar refractivity (Wildman–Crippen MR) is 117 cm³/mol. The second-order valence-corrected chi connectivity index (χ2v) is 8.81. The van der Waals surface area contributed by atoms with Gasteiger partial charge in [-0.15, -0.1) is 0 Å². The van der Waals surface area contributed by atoms with E-state index >= 15 is 0 Å². The van der Waals surface area contributed by atoms with E-state index in [1.165, 1.54) is 36.3 Å². The van der Waals surface area contributed by atoms with Gasteiger partial charge in [-0.3, -0.25) is 0 Å². The first-order valence-corrected chi connectivity index (χ1v) is 10.9. The maximum absolute atomic E-state index is 5.81. The second kappa shape index (κ2) is 8.85. The summed E-state index contributed by atoms with van der Waals surface area (Å²) in [6, 6.07) is 15.0. The molecule has 28 heavy (non-hydrogen) atoms. The number of ether oxygens (including phenoxy) is 2. The Morgan fingerprint density at radius 2 is 2.11 bits per heavy atom. The highest BCUT2D eigenvalue weighted by molar-refractivity contribution is 9.10. The van der Waals surface area contributed by atoms with Crippen LogP contribution in [-0.2, 0) is 11.2 Å². The summed E-state index contributed by atoms with van der Waals surface area (Å²) in [5.74, 6) is 2.17. The van der Waals surface area contributed by atoms with Gasteiger partial charge in [-0.25, -0.2) is 0 Å². The summed E-state index contributed by atoms with van der Waals surface area (Å²) in [5.41, 5.74) is 4.11. The first-order valence-electron chi connectivity index (χ1n) is 10.2. The van der Waals surface area contributed by atoms with E-state index in [9.17, 15) is 0 Å². The van der Waals surface area contributed by atoms with Crippen molar-refractivity contribution in [2.24, 2.45) is 5.92 Å². The topological polar surface area (TPSA) is 33.7 Å². The van der Waals surface area contributed by atoms with Crippen molar-refractivity contribution in [1.82, 2.24) is 4.90 Å². The number of likely N-dealkylation sites (tertiary alicyclic amines) is 1. The van der Waals surface area contributed by atoms with Crippen LogP contribution in [0.3, 0.4) is 0 Å². The highest BCUT2D eigenvalue weighted by atomic mass is 79.9. The van der Waals surface area contributed by atoms with Crippen LogP contribution in [0, 0.1) is 5.92 Å². The molecule has 2 aliphatic rings. The Balaban J connectivity index is 1.34. The number of hydrogen-bond donors (Lipinski definition) is 1. The van der Waals surface area contributed by atoms with Crippen LogP contribution in [0.5, 0.6) is 5.75 Å². The van der Waals surface area contributed by atoms with Gasteiger partial charge in [0.2, 0.25) is 0 Å². The Morgan fingerprint density at radius 1 is 1.25 bits per heavy atom. The van der Waals surface area contributed by atoms with Gasteiger partial charge >= 0.3 is 0 Å². The van der Waals surface area contributed by atoms with Crippen LogP contribution in [0.15, 0.2) is 46.9 Å².